The highest BCUT2D eigenvalue weighted by Gasteiger charge is 2.17. The molecule has 0 aliphatic carbocycles. The number of aromatic nitrogens is 2. The summed E-state index contributed by atoms with van der Waals surface area (Å²) in [4.78, 5) is 4.37. The van der Waals surface area contributed by atoms with E-state index in [2.05, 4.69) is 51.4 Å². The number of imidazole rings is 1. The minimum Gasteiger partial charge on any atom is -0.330 e. The summed E-state index contributed by atoms with van der Waals surface area (Å²) >= 11 is 0. The molecule has 1 saturated heterocycles. The Morgan fingerprint density at radius 1 is 1.16 bits per heavy atom. The molecule has 1 unspecified atom stereocenters. The van der Waals surface area contributed by atoms with E-state index in [0.29, 0.717) is 5.92 Å². The molecule has 2 heterocycles. The Labute approximate surface area is 114 Å². The molecule has 1 aliphatic rings. The highest BCUT2D eigenvalue weighted by molar-refractivity contribution is 5.17. The predicted molar refractivity (Wildman–Crippen MR) is 77.2 cm³/mol. The summed E-state index contributed by atoms with van der Waals surface area (Å²) in [7, 11) is 0. The fourth-order valence-electron chi connectivity index (χ4n) is 2.90. The average Bonchev–Trinajstić information content (AvgIpc) is 2.74. The molecule has 1 atom stereocenters. The average molecular weight is 255 g/mol. The summed E-state index contributed by atoms with van der Waals surface area (Å²) in [5.74, 6) is 0.654. The fraction of sp³-hybridized carbons (Fsp3) is 0.438. The van der Waals surface area contributed by atoms with Crippen LogP contribution in [0.5, 0.6) is 0 Å². The van der Waals surface area contributed by atoms with E-state index in [9.17, 15) is 0 Å². The largest absolute Gasteiger partial charge is 0.330 e. The molecule has 0 bridgehead atoms. The summed E-state index contributed by atoms with van der Waals surface area (Å²) in [6.45, 7) is 3.21. The maximum atomic E-state index is 4.37. The van der Waals surface area contributed by atoms with Crippen LogP contribution in [0.3, 0.4) is 0 Å². The van der Waals surface area contributed by atoms with E-state index in [1.165, 1.54) is 30.5 Å². The molecule has 3 rings (SSSR count). The van der Waals surface area contributed by atoms with Gasteiger partial charge in [0.2, 0.25) is 0 Å². The van der Waals surface area contributed by atoms with Gasteiger partial charge in [-0.15, -0.1) is 0 Å². The van der Waals surface area contributed by atoms with Crippen molar-refractivity contribution in [3.8, 4) is 0 Å². The molecular weight excluding hydrogens is 234 g/mol. The Bertz CT molecular complexity index is 496. The summed E-state index contributed by atoms with van der Waals surface area (Å²) in [5.41, 5.74) is 2.74. The number of benzene rings is 1. The van der Waals surface area contributed by atoms with E-state index in [1.54, 1.807) is 0 Å². The van der Waals surface area contributed by atoms with Crippen LogP contribution >= 0.6 is 0 Å². The van der Waals surface area contributed by atoms with Crippen molar-refractivity contribution in [1.29, 1.82) is 0 Å². The van der Waals surface area contributed by atoms with Gasteiger partial charge in [0.25, 0.3) is 0 Å². The van der Waals surface area contributed by atoms with Crippen LogP contribution in [0.2, 0.25) is 0 Å². The first kappa shape index (κ1) is 12.4. The molecule has 0 saturated carbocycles. The van der Waals surface area contributed by atoms with Gasteiger partial charge in [-0.2, -0.15) is 0 Å². The molecule has 0 amide bonds. The van der Waals surface area contributed by atoms with Crippen molar-refractivity contribution < 1.29 is 0 Å². The Kier molecular flexibility index (Phi) is 3.94. The zero-order valence-corrected chi connectivity index (χ0v) is 11.3. The molecule has 1 aromatic heterocycles. The standard InChI is InChI=1S/C16H21N3/c1-2-5-14(6-3-1)12-19-13-18-11-16(19)15-7-4-9-17-10-8-15/h1-3,5-6,11,13,15,17H,4,7-10,12H2. The predicted octanol–water partition coefficient (Wildman–Crippen LogP) is 2.79. The quantitative estimate of drug-likeness (QED) is 0.914. The van der Waals surface area contributed by atoms with E-state index < -0.39 is 0 Å². The Hall–Kier alpha value is -1.61. The van der Waals surface area contributed by atoms with E-state index in [1.807, 2.05) is 6.33 Å². The summed E-state index contributed by atoms with van der Waals surface area (Å²) in [6.07, 6.45) is 7.79. The molecular formula is C16H21N3. The van der Waals surface area contributed by atoms with Crippen molar-refractivity contribution in [2.75, 3.05) is 13.1 Å². The van der Waals surface area contributed by atoms with Crippen LogP contribution in [-0.4, -0.2) is 22.6 Å². The molecule has 100 valence electrons. The van der Waals surface area contributed by atoms with Gasteiger partial charge >= 0.3 is 0 Å². The number of hydrogen-bond acceptors (Lipinski definition) is 2. The molecule has 0 spiro atoms. The number of rotatable bonds is 3. The Balaban J connectivity index is 1.78. The second kappa shape index (κ2) is 6.02. The van der Waals surface area contributed by atoms with E-state index >= 15 is 0 Å². The lowest BCUT2D eigenvalue weighted by Crippen LogP contribution is -2.14. The van der Waals surface area contributed by atoms with Gasteiger partial charge in [0.05, 0.1) is 6.33 Å². The molecule has 3 heteroatoms. The maximum Gasteiger partial charge on any atom is 0.0951 e. The highest BCUT2D eigenvalue weighted by Crippen LogP contribution is 2.26. The van der Waals surface area contributed by atoms with Crippen molar-refractivity contribution in [2.24, 2.45) is 0 Å². The van der Waals surface area contributed by atoms with Gasteiger partial charge in [0, 0.05) is 24.4 Å². The van der Waals surface area contributed by atoms with Crippen LogP contribution in [0, 0.1) is 0 Å². The van der Waals surface area contributed by atoms with Crippen LogP contribution in [0.25, 0.3) is 0 Å². The van der Waals surface area contributed by atoms with E-state index in [-0.39, 0.29) is 0 Å². The third-order valence-corrected chi connectivity index (χ3v) is 3.93. The number of nitrogens with one attached hydrogen (secondary N) is 1. The SMILES string of the molecule is c1ccc(Cn2cncc2C2CCCNCC2)cc1. The molecule has 1 N–H and O–H groups in total. The van der Waals surface area contributed by atoms with Gasteiger partial charge in [0.15, 0.2) is 0 Å². The van der Waals surface area contributed by atoms with Crippen LogP contribution in [-0.2, 0) is 6.54 Å². The van der Waals surface area contributed by atoms with Crippen molar-refractivity contribution in [3.05, 3.63) is 54.1 Å². The molecule has 2 aromatic rings. The molecule has 19 heavy (non-hydrogen) atoms. The molecule has 1 aromatic carbocycles. The lowest BCUT2D eigenvalue weighted by atomic mass is 9.97. The number of hydrogen-bond donors (Lipinski definition) is 1. The smallest absolute Gasteiger partial charge is 0.0951 e. The molecule has 1 fully saturated rings. The van der Waals surface area contributed by atoms with Gasteiger partial charge in [-0.25, -0.2) is 4.98 Å². The van der Waals surface area contributed by atoms with E-state index in [4.69, 9.17) is 0 Å². The summed E-state index contributed by atoms with van der Waals surface area (Å²) in [6, 6.07) is 10.6. The van der Waals surface area contributed by atoms with Crippen LogP contribution in [0.4, 0.5) is 0 Å². The minimum atomic E-state index is 0.654. The summed E-state index contributed by atoms with van der Waals surface area (Å²) in [5, 5.41) is 3.48. The van der Waals surface area contributed by atoms with Gasteiger partial charge < -0.3 is 9.88 Å². The lowest BCUT2D eigenvalue weighted by Gasteiger charge is -2.16. The second-order valence-electron chi connectivity index (χ2n) is 5.31. The van der Waals surface area contributed by atoms with Crippen LogP contribution in [0.1, 0.15) is 36.4 Å². The van der Waals surface area contributed by atoms with Crippen molar-refractivity contribution in [2.45, 2.75) is 31.7 Å². The first-order valence-electron chi connectivity index (χ1n) is 7.18. The zero-order valence-electron chi connectivity index (χ0n) is 11.3. The second-order valence-corrected chi connectivity index (χ2v) is 5.31. The highest BCUT2D eigenvalue weighted by atomic mass is 15.0. The third kappa shape index (κ3) is 3.04. The van der Waals surface area contributed by atoms with Crippen LogP contribution in [0.15, 0.2) is 42.9 Å². The maximum absolute atomic E-state index is 4.37. The van der Waals surface area contributed by atoms with E-state index in [0.717, 1.165) is 19.6 Å². The van der Waals surface area contributed by atoms with Gasteiger partial charge in [-0.1, -0.05) is 30.3 Å². The molecule has 0 radical (unpaired) electrons. The first-order valence-corrected chi connectivity index (χ1v) is 7.18. The fourth-order valence-corrected chi connectivity index (χ4v) is 2.90. The Morgan fingerprint density at radius 3 is 2.95 bits per heavy atom. The Morgan fingerprint density at radius 2 is 2.05 bits per heavy atom. The zero-order chi connectivity index (χ0) is 12.9. The number of nitrogens with zero attached hydrogens (tertiary/aromatic N) is 2. The van der Waals surface area contributed by atoms with Gasteiger partial charge in [0.1, 0.15) is 0 Å². The normalized spacial score (nSPS) is 20.1. The van der Waals surface area contributed by atoms with Crippen molar-refractivity contribution >= 4 is 0 Å². The van der Waals surface area contributed by atoms with Gasteiger partial charge in [-0.05, 0) is 37.9 Å². The molecule has 1 aliphatic heterocycles. The third-order valence-electron chi connectivity index (χ3n) is 3.93. The molecule has 3 nitrogen and oxygen atoms in total. The first-order chi connectivity index (χ1) is 9.43. The van der Waals surface area contributed by atoms with Crippen molar-refractivity contribution in [1.82, 2.24) is 14.9 Å². The minimum absolute atomic E-state index is 0.654. The summed E-state index contributed by atoms with van der Waals surface area (Å²) < 4.78 is 2.31. The van der Waals surface area contributed by atoms with Gasteiger partial charge in [-0.3, -0.25) is 0 Å². The topological polar surface area (TPSA) is 29.9 Å². The lowest BCUT2D eigenvalue weighted by molar-refractivity contribution is 0.561. The van der Waals surface area contributed by atoms with Crippen molar-refractivity contribution in [3.63, 3.8) is 0 Å². The van der Waals surface area contributed by atoms with Crippen LogP contribution < -0.4 is 5.32 Å². The monoisotopic (exact) mass is 255 g/mol.